The number of alkyl halides is 3. The van der Waals surface area contributed by atoms with Gasteiger partial charge in [-0.3, -0.25) is 9.82 Å². The SMILES string of the molecule is Cc1cc(NS(=O)(=O)c2cccc(C(F)(F)F)c2)n[nH]1. The highest BCUT2D eigenvalue weighted by Crippen LogP contribution is 2.30. The molecule has 0 fully saturated rings. The van der Waals surface area contributed by atoms with Gasteiger partial charge in [-0.1, -0.05) is 6.07 Å². The third-order valence-electron chi connectivity index (χ3n) is 2.42. The van der Waals surface area contributed by atoms with Gasteiger partial charge in [0.05, 0.1) is 10.5 Å². The van der Waals surface area contributed by atoms with Crippen molar-refractivity contribution < 1.29 is 21.6 Å². The lowest BCUT2D eigenvalue weighted by atomic mass is 10.2. The Kier molecular flexibility index (Phi) is 3.46. The molecule has 0 atom stereocenters. The van der Waals surface area contributed by atoms with E-state index in [0.29, 0.717) is 11.8 Å². The maximum atomic E-state index is 12.6. The van der Waals surface area contributed by atoms with E-state index in [1.807, 2.05) is 0 Å². The molecule has 0 aliphatic heterocycles. The summed E-state index contributed by atoms with van der Waals surface area (Å²) in [7, 11) is -4.12. The average molecular weight is 305 g/mol. The monoisotopic (exact) mass is 305 g/mol. The Balaban J connectivity index is 2.35. The first-order valence-electron chi connectivity index (χ1n) is 5.40. The standard InChI is InChI=1S/C11H10F3N3O2S/c1-7-5-10(16-15-7)17-20(18,19)9-4-2-3-8(6-9)11(12,13)14/h2-6H,1H3,(H2,15,16,17). The molecule has 1 aromatic carbocycles. The number of hydrogen-bond acceptors (Lipinski definition) is 3. The number of nitrogens with zero attached hydrogens (tertiary/aromatic N) is 1. The smallest absolute Gasteiger partial charge is 0.281 e. The summed E-state index contributed by atoms with van der Waals surface area (Å²) in [5, 5.41) is 6.18. The van der Waals surface area contributed by atoms with Crippen molar-refractivity contribution in [3.05, 3.63) is 41.6 Å². The maximum Gasteiger partial charge on any atom is 0.416 e. The second-order valence-corrected chi connectivity index (χ2v) is 5.75. The number of aromatic amines is 1. The Labute approximate surface area is 112 Å². The highest BCUT2D eigenvalue weighted by atomic mass is 32.2. The molecule has 1 aromatic heterocycles. The molecule has 0 radical (unpaired) electrons. The first-order valence-corrected chi connectivity index (χ1v) is 6.89. The van der Waals surface area contributed by atoms with E-state index in [9.17, 15) is 21.6 Å². The fourth-order valence-electron chi connectivity index (χ4n) is 1.51. The lowest BCUT2D eigenvalue weighted by Crippen LogP contribution is -2.14. The molecule has 108 valence electrons. The predicted octanol–water partition coefficient (Wildman–Crippen LogP) is 2.54. The number of anilines is 1. The van der Waals surface area contributed by atoms with E-state index < -0.39 is 26.7 Å². The molecule has 0 spiro atoms. The van der Waals surface area contributed by atoms with Crippen molar-refractivity contribution in [3.8, 4) is 0 Å². The van der Waals surface area contributed by atoms with Gasteiger partial charge in [0.25, 0.3) is 10.0 Å². The van der Waals surface area contributed by atoms with Gasteiger partial charge < -0.3 is 0 Å². The van der Waals surface area contributed by atoms with E-state index in [1.54, 1.807) is 6.92 Å². The highest BCUT2D eigenvalue weighted by molar-refractivity contribution is 7.92. The Morgan fingerprint density at radius 1 is 1.25 bits per heavy atom. The summed E-state index contributed by atoms with van der Waals surface area (Å²) in [6.45, 7) is 1.66. The van der Waals surface area contributed by atoms with Crippen molar-refractivity contribution in [2.24, 2.45) is 0 Å². The van der Waals surface area contributed by atoms with Crippen LogP contribution in [0.3, 0.4) is 0 Å². The van der Waals surface area contributed by atoms with Crippen LogP contribution < -0.4 is 4.72 Å². The van der Waals surface area contributed by atoms with Gasteiger partial charge in [0.1, 0.15) is 0 Å². The van der Waals surface area contributed by atoms with Gasteiger partial charge >= 0.3 is 6.18 Å². The normalized spacial score (nSPS) is 12.4. The molecule has 2 N–H and O–H groups in total. The molecule has 0 saturated carbocycles. The van der Waals surface area contributed by atoms with Gasteiger partial charge in [0.15, 0.2) is 5.82 Å². The number of hydrogen-bond donors (Lipinski definition) is 2. The zero-order valence-corrected chi connectivity index (χ0v) is 11.0. The summed E-state index contributed by atoms with van der Waals surface area (Å²) in [4.78, 5) is -0.479. The molecule has 20 heavy (non-hydrogen) atoms. The van der Waals surface area contributed by atoms with Crippen LogP contribution >= 0.6 is 0 Å². The van der Waals surface area contributed by atoms with Crippen molar-refractivity contribution in [2.45, 2.75) is 18.0 Å². The van der Waals surface area contributed by atoms with Gasteiger partial charge in [-0.25, -0.2) is 8.42 Å². The van der Waals surface area contributed by atoms with Gasteiger partial charge in [0.2, 0.25) is 0 Å². The van der Waals surface area contributed by atoms with Gasteiger partial charge in [-0.2, -0.15) is 18.3 Å². The van der Waals surface area contributed by atoms with Crippen LogP contribution in [0.15, 0.2) is 35.2 Å². The number of sulfonamides is 1. The summed E-state index contributed by atoms with van der Waals surface area (Å²) in [6, 6.07) is 4.91. The average Bonchev–Trinajstić information content (AvgIpc) is 2.73. The van der Waals surface area contributed by atoms with Gasteiger partial charge in [-0.05, 0) is 25.1 Å². The number of benzene rings is 1. The predicted molar refractivity (Wildman–Crippen MR) is 65.6 cm³/mol. The largest absolute Gasteiger partial charge is 0.416 e. The van der Waals surface area contributed by atoms with Crippen molar-refractivity contribution in [2.75, 3.05) is 4.72 Å². The van der Waals surface area contributed by atoms with E-state index >= 15 is 0 Å². The zero-order valence-electron chi connectivity index (χ0n) is 10.2. The minimum atomic E-state index is -4.60. The number of halogens is 3. The second-order valence-electron chi connectivity index (χ2n) is 4.07. The minimum absolute atomic E-state index is 0.0138. The number of nitrogens with one attached hydrogen (secondary N) is 2. The topological polar surface area (TPSA) is 74.8 Å². The number of aromatic nitrogens is 2. The molecule has 0 bridgehead atoms. The molecule has 0 aliphatic rings. The van der Waals surface area contributed by atoms with Gasteiger partial charge in [-0.15, -0.1) is 0 Å². The minimum Gasteiger partial charge on any atom is -0.281 e. The van der Waals surface area contributed by atoms with E-state index in [-0.39, 0.29) is 5.82 Å². The van der Waals surface area contributed by atoms with E-state index in [2.05, 4.69) is 14.9 Å². The fourth-order valence-corrected chi connectivity index (χ4v) is 2.54. The Hall–Kier alpha value is -2.03. The van der Waals surface area contributed by atoms with Crippen LogP contribution in [0.1, 0.15) is 11.3 Å². The summed E-state index contributed by atoms with van der Waals surface area (Å²) in [5.41, 5.74) is -0.412. The number of aryl methyl sites for hydroxylation is 1. The molecular formula is C11H10F3N3O2S. The molecule has 9 heteroatoms. The zero-order chi connectivity index (χ0) is 15.0. The van der Waals surface area contributed by atoms with E-state index in [1.165, 1.54) is 6.07 Å². The van der Waals surface area contributed by atoms with Crippen LogP contribution in [0.5, 0.6) is 0 Å². The van der Waals surface area contributed by atoms with Crippen LogP contribution in [-0.2, 0) is 16.2 Å². The molecule has 2 rings (SSSR count). The van der Waals surface area contributed by atoms with Gasteiger partial charge in [0, 0.05) is 11.8 Å². The molecule has 5 nitrogen and oxygen atoms in total. The molecule has 1 heterocycles. The third-order valence-corrected chi connectivity index (χ3v) is 3.77. The lowest BCUT2D eigenvalue weighted by Gasteiger charge is -2.09. The Morgan fingerprint density at radius 3 is 2.50 bits per heavy atom. The first kappa shape index (κ1) is 14.4. The van der Waals surface area contributed by atoms with Crippen LogP contribution in [0, 0.1) is 6.92 Å². The quantitative estimate of drug-likeness (QED) is 0.915. The molecule has 0 unspecified atom stereocenters. The summed E-state index contributed by atoms with van der Waals surface area (Å²) < 4.78 is 63.7. The lowest BCUT2D eigenvalue weighted by molar-refractivity contribution is -0.137. The fraction of sp³-hybridized carbons (Fsp3) is 0.182. The number of rotatable bonds is 3. The summed E-state index contributed by atoms with van der Waals surface area (Å²) in [5.74, 6) is 0.0138. The van der Waals surface area contributed by atoms with Crippen molar-refractivity contribution >= 4 is 15.8 Å². The summed E-state index contributed by atoms with van der Waals surface area (Å²) in [6.07, 6.45) is -4.60. The molecule has 0 amide bonds. The Morgan fingerprint density at radius 2 is 1.95 bits per heavy atom. The second kappa shape index (κ2) is 4.82. The van der Waals surface area contributed by atoms with Crippen molar-refractivity contribution in [1.29, 1.82) is 0 Å². The molecule has 0 saturated heterocycles. The summed E-state index contributed by atoms with van der Waals surface area (Å²) >= 11 is 0. The van der Waals surface area contributed by atoms with Crippen LogP contribution in [-0.4, -0.2) is 18.6 Å². The van der Waals surface area contributed by atoms with Crippen molar-refractivity contribution in [3.63, 3.8) is 0 Å². The van der Waals surface area contributed by atoms with E-state index in [0.717, 1.165) is 18.2 Å². The van der Waals surface area contributed by atoms with Crippen LogP contribution in [0.25, 0.3) is 0 Å². The Bertz CT molecular complexity index is 723. The van der Waals surface area contributed by atoms with Crippen LogP contribution in [0.4, 0.5) is 19.0 Å². The van der Waals surface area contributed by atoms with Crippen LogP contribution in [0.2, 0.25) is 0 Å². The van der Waals surface area contributed by atoms with Crippen molar-refractivity contribution in [1.82, 2.24) is 10.2 Å². The molecule has 0 aliphatic carbocycles. The molecular weight excluding hydrogens is 295 g/mol. The number of H-pyrrole nitrogens is 1. The van der Waals surface area contributed by atoms with E-state index in [4.69, 9.17) is 0 Å². The first-order chi connectivity index (χ1) is 9.18. The highest BCUT2D eigenvalue weighted by Gasteiger charge is 2.31. The maximum absolute atomic E-state index is 12.6. The molecule has 2 aromatic rings. The third kappa shape index (κ3) is 3.10.